The molecule has 0 radical (unpaired) electrons. The van der Waals surface area contributed by atoms with E-state index in [1.165, 1.54) is 4.90 Å². The van der Waals surface area contributed by atoms with Crippen molar-refractivity contribution >= 4 is 29.2 Å². The molecule has 0 aliphatic carbocycles. The summed E-state index contributed by atoms with van der Waals surface area (Å²) in [6.45, 7) is 7.92. The van der Waals surface area contributed by atoms with Crippen LogP contribution in [0, 0.1) is 0 Å². The molecule has 3 amide bonds. The number of nitrogens with zero attached hydrogens (tertiary/aromatic N) is 2. The van der Waals surface area contributed by atoms with Crippen molar-refractivity contribution in [2.45, 2.75) is 52.5 Å². The van der Waals surface area contributed by atoms with Crippen LogP contribution in [0.15, 0.2) is 48.7 Å². The smallest absolute Gasteiger partial charge is 0.240 e. The van der Waals surface area contributed by atoms with Gasteiger partial charge in [-0.25, -0.2) is 4.98 Å². The highest BCUT2D eigenvalue weighted by Crippen LogP contribution is 2.29. The largest absolute Gasteiger partial charge is 0.492 e. The fraction of sp³-hybridized carbons (Fsp3) is 0.417. The molecule has 2 aromatic rings. The monoisotopic (exact) mass is 440 g/mol. The molecule has 1 aromatic carbocycles. The number of pyridine rings is 1. The van der Waals surface area contributed by atoms with E-state index in [0.717, 1.165) is 6.42 Å². The maximum Gasteiger partial charge on any atom is 0.240 e. The zero-order chi connectivity index (χ0) is 23.6. The molecular formula is C24H32N4O4. The van der Waals surface area contributed by atoms with Crippen LogP contribution < -0.4 is 20.3 Å². The van der Waals surface area contributed by atoms with Gasteiger partial charge in [-0.1, -0.05) is 25.1 Å². The van der Waals surface area contributed by atoms with Crippen molar-refractivity contribution in [2.24, 2.45) is 0 Å². The van der Waals surface area contributed by atoms with Gasteiger partial charge >= 0.3 is 0 Å². The summed E-state index contributed by atoms with van der Waals surface area (Å²) in [7, 11) is 0. The number of nitrogens with one attached hydrogen (secondary N) is 2. The Morgan fingerprint density at radius 2 is 1.72 bits per heavy atom. The second kappa shape index (κ2) is 11.8. The van der Waals surface area contributed by atoms with Crippen molar-refractivity contribution < 1.29 is 19.1 Å². The Labute approximate surface area is 189 Å². The second-order valence-corrected chi connectivity index (χ2v) is 7.93. The summed E-state index contributed by atoms with van der Waals surface area (Å²) in [5.41, 5.74) is 0.0994. The molecule has 1 heterocycles. The van der Waals surface area contributed by atoms with Crippen molar-refractivity contribution in [1.82, 2.24) is 10.3 Å². The number of anilines is 2. The predicted octanol–water partition coefficient (Wildman–Crippen LogP) is 3.54. The van der Waals surface area contributed by atoms with E-state index in [9.17, 15) is 14.4 Å². The summed E-state index contributed by atoms with van der Waals surface area (Å²) in [5, 5.41) is 5.61. The molecule has 0 aliphatic heterocycles. The predicted molar refractivity (Wildman–Crippen MR) is 125 cm³/mol. The first-order chi connectivity index (χ1) is 15.3. The lowest BCUT2D eigenvalue weighted by atomic mass is 10.0. The van der Waals surface area contributed by atoms with Gasteiger partial charge in [0.1, 0.15) is 18.1 Å². The Kier molecular flexibility index (Phi) is 9.19. The van der Waals surface area contributed by atoms with Crippen molar-refractivity contribution in [1.29, 1.82) is 0 Å². The normalized spacial score (nSPS) is 10.9. The molecule has 2 rings (SSSR count). The molecule has 172 valence electrons. The third-order valence-electron chi connectivity index (χ3n) is 4.92. The number of ether oxygens (including phenoxy) is 1. The van der Waals surface area contributed by atoms with E-state index in [4.69, 9.17) is 4.74 Å². The highest BCUT2D eigenvalue weighted by molar-refractivity contribution is 6.02. The molecule has 0 spiro atoms. The van der Waals surface area contributed by atoms with Crippen molar-refractivity contribution in [3.8, 4) is 5.75 Å². The summed E-state index contributed by atoms with van der Waals surface area (Å²) < 4.78 is 5.66. The van der Waals surface area contributed by atoms with E-state index in [1.807, 2.05) is 27.7 Å². The van der Waals surface area contributed by atoms with E-state index in [2.05, 4.69) is 15.6 Å². The van der Waals surface area contributed by atoms with E-state index < -0.39 is 5.54 Å². The lowest BCUT2D eigenvalue weighted by Gasteiger charge is -2.28. The van der Waals surface area contributed by atoms with Gasteiger partial charge in [-0.3, -0.25) is 19.3 Å². The van der Waals surface area contributed by atoms with Gasteiger partial charge in [-0.2, -0.15) is 0 Å². The van der Waals surface area contributed by atoms with Crippen LogP contribution in [0.5, 0.6) is 5.75 Å². The van der Waals surface area contributed by atoms with Crippen LogP contribution in [-0.4, -0.2) is 41.4 Å². The van der Waals surface area contributed by atoms with Gasteiger partial charge in [-0.05, 0) is 51.5 Å². The molecule has 0 aliphatic rings. The first kappa shape index (κ1) is 24.8. The van der Waals surface area contributed by atoms with Gasteiger partial charge in [0.25, 0.3) is 0 Å². The van der Waals surface area contributed by atoms with Crippen LogP contribution in [0.1, 0.15) is 47.0 Å². The van der Waals surface area contributed by atoms with E-state index >= 15 is 0 Å². The summed E-state index contributed by atoms with van der Waals surface area (Å²) in [6.07, 6.45) is 2.22. The lowest BCUT2D eigenvalue weighted by Crippen LogP contribution is -2.48. The molecule has 2 N–H and O–H groups in total. The molecule has 0 saturated heterocycles. The number of aromatic nitrogens is 1. The molecule has 0 bridgehead atoms. The SMILES string of the molecule is CCOc1ccccc1N(CC(=O)NC(C)(C)CC)C(=O)CCC(=O)Nc1ccccn1. The quantitative estimate of drug-likeness (QED) is 0.557. The minimum absolute atomic E-state index is 0.0369. The average molecular weight is 441 g/mol. The number of hydrogen-bond acceptors (Lipinski definition) is 5. The summed E-state index contributed by atoms with van der Waals surface area (Å²) in [6, 6.07) is 12.2. The zero-order valence-corrected chi connectivity index (χ0v) is 19.2. The number of para-hydroxylation sites is 2. The van der Waals surface area contributed by atoms with Gasteiger partial charge in [0.05, 0.1) is 12.3 Å². The number of carbonyl (C=O) groups is 3. The second-order valence-electron chi connectivity index (χ2n) is 7.93. The molecule has 1 aromatic heterocycles. The number of rotatable bonds is 11. The van der Waals surface area contributed by atoms with Gasteiger partial charge in [-0.15, -0.1) is 0 Å². The van der Waals surface area contributed by atoms with Gasteiger partial charge in [0.2, 0.25) is 17.7 Å². The Bertz CT molecular complexity index is 915. The highest BCUT2D eigenvalue weighted by atomic mass is 16.5. The number of carbonyl (C=O) groups excluding carboxylic acids is 3. The highest BCUT2D eigenvalue weighted by Gasteiger charge is 2.25. The Morgan fingerprint density at radius 3 is 2.38 bits per heavy atom. The fourth-order valence-electron chi connectivity index (χ4n) is 2.91. The van der Waals surface area contributed by atoms with Crippen molar-refractivity contribution in [3.05, 3.63) is 48.7 Å². The van der Waals surface area contributed by atoms with Gasteiger partial charge < -0.3 is 15.4 Å². The van der Waals surface area contributed by atoms with Crippen LogP contribution >= 0.6 is 0 Å². The average Bonchev–Trinajstić information content (AvgIpc) is 2.77. The topological polar surface area (TPSA) is 101 Å². The maximum absolute atomic E-state index is 13.1. The van der Waals surface area contributed by atoms with Crippen LogP contribution in [0.4, 0.5) is 11.5 Å². The molecule has 8 nitrogen and oxygen atoms in total. The van der Waals surface area contributed by atoms with Crippen molar-refractivity contribution in [2.75, 3.05) is 23.4 Å². The molecule has 0 atom stereocenters. The third-order valence-corrected chi connectivity index (χ3v) is 4.92. The summed E-state index contributed by atoms with van der Waals surface area (Å²) in [5.74, 6) is -0.0348. The molecular weight excluding hydrogens is 408 g/mol. The molecule has 0 unspecified atom stereocenters. The van der Waals surface area contributed by atoms with Gasteiger partial charge in [0, 0.05) is 24.6 Å². The van der Waals surface area contributed by atoms with Crippen LogP contribution in [0.3, 0.4) is 0 Å². The minimum Gasteiger partial charge on any atom is -0.492 e. The molecule has 32 heavy (non-hydrogen) atoms. The molecule has 8 heteroatoms. The number of amides is 3. The molecule has 0 fully saturated rings. The Morgan fingerprint density at radius 1 is 1.00 bits per heavy atom. The van der Waals surface area contributed by atoms with Crippen molar-refractivity contribution in [3.63, 3.8) is 0 Å². The molecule has 0 saturated carbocycles. The first-order valence-corrected chi connectivity index (χ1v) is 10.8. The number of benzene rings is 1. The van der Waals surface area contributed by atoms with Crippen LogP contribution in [0.2, 0.25) is 0 Å². The Balaban J connectivity index is 2.15. The Hall–Kier alpha value is -3.42. The van der Waals surface area contributed by atoms with Crippen LogP contribution in [0.25, 0.3) is 0 Å². The maximum atomic E-state index is 13.1. The van der Waals surface area contributed by atoms with E-state index in [0.29, 0.717) is 23.9 Å². The standard InChI is InChI=1S/C24H32N4O4/c1-5-24(3,4)27-22(30)17-28(18-11-7-8-12-19(18)32-6-2)23(31)15-14-21(29)26-20-13-9-10-16-25-20/h7-13,16H,5-6,14-15,17H2,1-4H3,(H,27,30)(H,25,26,29). The fourth-order valence-corrected chi connectivity index (χ4v) is 2.91. The van der Waals surface area contributed by atoms with Crippen LogP contribution in [-0.2, 0) is 14.4 Å². The van der Waals surface area contributed by atoms with E-state index in [1.54, 1.807) is 48.7 Å². The first-order valence-electron chi connectivity index (χ1n) is 10.8. The van der Waals surface area contributed by atoms with E-state index in [-0.39, 0.29) is 37.1 Å². The lowest BCUT2D eigenvalue weighted by molar-refractivity contribution is -0.125. The van der Waals surface area contributed by atoms with Gasteiger partial charge in [0.15, 0.2) is 0 Å². The summed E-state index contributed by atoms with van der Waals surface area (Å²) >= 11 is 0. The third kappa shape index (κ3) is 7.68. The number of hydrogen-bond donors (Lipinski definition) is 2. The minimum atomic E-state index is -0.395. The zero-order valence-electron chi connectivity index (χ0n) is 19.2. The summed E-state index contributed by atoms with van der Waals surface area (Å²) in [4.78, 5) is 43.5.